The van der Waals surface area contributed by atoms with Gasteiger partial charge in [0.05, 0.1) is 32.1 Å². The van der Waals surface area contributed by atoms with E-state index in [1.807, 2.05) is 18.2 Å². The minimum atomic E-state index is -0.162. The molecular weight excluding hydrogens is 328 g/mol. The van der Waals surface area contributed by atoms with Gasteiger partial charge in [-0.1, -0.05) is 0 Å². The van der Waals surface area contributed by atoms with Crippen LogP contribution < -0.4 is 19.7 Å². The van der Waals surface area contributed by atoms with Crippen molar-refractivity contribution in [2.75, 3.05) is 38.8 Å². The van der Waals surface area contributed by atoms with E-state index in [1.54, 1.807) is 14.2 Å². The third kappa shape index (κ3) is 3.76. The largest absolute Gasteiger partial charge is 0.497 e. The molecule has 1 aliphatic heterocycles. The SMILES string of the molecule is COc1cc(OC)cc(N2CC[C@@H](CNC(=O)c3cnsn3)C2)c1. The number of carbonyl (C=O) groups is 1. The molecule has 2 heterocycles. The Hall–Kier alpha value is -2.35. The Morgan fingerprint density at radius 3 is 2.71 bits per heavy atom. The van der Waals surface area contributed by atoms with Crippen LogP contribution in [0.15, 0.2) is 24.4 Å². The standard InChI is InChI=1S/C16H20N4O3S/c1-22-13-5-12(6-14(7-13)23-2)20-4-3-11(10-20)8-17-16(21)15-9-18-24-19-15/h5-7,9,11H,3-4,8,10H2,1-2H3,(H,17,21)/t11-/m0/s1. The molecule has 7 nitrogen and oxygen atoms in total. The van der Waals surface area contributed by atoms with Crippen LogP contribution in [0, 0.1) is 5.92 Å². The molecule has 2 aromatic rings. The number of methoxy groups -OCH3 is 2. The molecule has 1 aliphatic rings. The van der Waals surface area contributed by atoms with Crippen molar-refractivity contribution >= 4 is 23.3 Å². The van der Waals surface area contributed by atoms with E-state index in [9.17, 15) is 4.79 Å². The molecule has 1 aromatic carbocycles. The Kier molecular flexibility index (Phi) is 5.14. The van der Waals surface area contributed by atoms with Gasteiger partial charge in [0.25, 0.3) is 5.91 Å². The van der Waals surface area contributed by atoms with E-state index in [2.05, 4.69) is 19.0 Å². The summed E-state index contributed by atoms with van der Waals surface area (Å²) in [5.74, 6) is 1.79. The second-order valence-electron chi connectivity index (χ2n) is 5.67. The van der Waals surface area contributed by atoms with Crippen molar-refractivity contribution in [1.82, 2.24) is 14.1 Å². The van der Waals surface area contributed by atoms with E-state index in [1.165, 1.54) is 6.20 Å². The highest BCUT2D eigenvalue weighted by Gasteiger charge is 2.24. The van der Waals surface area contributed by atoms with E-state index >= 15 is 0 Å². The molecule has 0 aliphatic carbocycles. The molecule has 1 N–H and O–H groups in total. The Bertz CT molecular complexity index is 670. The van der Waals surface area contributed by atoms with Crippen LogP contribution in [0.1, 0.15) is 16.9 Å². The highest BCUT2D eigenvalue weighted by atomic mass is 32.1. The number of nitrogens with one attached hydrogen (secondary N) is 1. The van der Waals surface area contributed by atoms with Crippen LogP contribution in [-0.2, 0) is 0 Å². The summed E-state index contributed by atoms with van der Waals surface area (Å²) in [4.78, 5) is 14.2. The van der Waals surface area contributed by atoms with Gasteiger partial charge in [0.1, 0.15) is 11.5 Å². The Morgan fingerprint density at radius 2 is 2.08 bits per heavy atom. The summed E-state index contributed by atoms with van der Waals surface area (Å²) in [5, 5.41) is 2.93. The average molecular weight is 348 g/mol. The van der Waals surface area contributed by atoms with Crippen LogP contribution in [-0.4, -0.2) is 48.5 Å². The average Bonchev–Trinajstić information content (AvgIpc) is 3.30. The highest BCUT2D eigenvalue weighted by molar-refractivity contribution is 6.99. The molecule has 1 saturated heterocycles. The zero-order valence-corrected chi connectivity index (χ0v) is 14.5. The van der Waals surface area contributed by atoms with Crippen LogP contribution in [0.4, 0.5) is 5.69 Å². The van der Waals surface area contributed by atoms with Gasteiger partial charge in [-0.05, 0) is 12.3 Å². The second-order valence-corrected chi connectivity index (χ2v) is 6.23. The Balaban J connectivity index is 1.58. The smallest absolute Gasteiger partial charge is 0.272 e. The number of hydrogen-bond acceptors (Lipinski definition) is 7. The first kappa shape index (κ1) is 16.5. The molecule has 3 rings (SSSR count). The number of nitrogens with zero attached hydrogens (tertiary/aromatic N) is 3. The van der Waals surface area contributed by atoms with Gasteiger partial charge in [0.15, 0.2) is 5.69 Å². The summed E-state index contributed by atoms with van der Waals surface area (Å²) in [6.45, 7) is 2.45. The van der Waals surface area contributed by atoms with E-state index in [4.69, 9.17) is 9.47 Å². The third-order valence-electron chi connectivity index (χ3n) is 4.13. The minimum absolute atomic E-state index is 0.162. The topological polar surface area (TPSA) is 76.6 Å². The highest BCUT2D eigenvalue weighted by Crippen LogP contribution is 2.31. The van der Waals surface area contributed by atoms with Gasteiger partial charge in [-0.15, -0.1) is 0 Å². The van der Waals surface area contributed by atoms with Crippen LogP contribution >= 0.6 is 11.7 Å². The molecule has 0 unspecified atom stereocenters. The van der Waals surface area contributed by atoms with Gasteiger partial charge in [-0.25, -0.2) is 0 Å². The minimum Gasteiger partial charge on any atom is -0.497 e. The summed E-state index contributed by atoms with van der Waals surface area (Å²) in [7, 11) is 3.29. The number of carbonyl (C=O) groups excluding carboxylic acids is 1. The molecule has 1 fully saturated rings. The van der Waals surface area contributed by atoms with Gasteiger partial charge in [0, 0.05) is 43.5 Å². The van der Waals surface area contributed by atoms with Crippen LogP contribution in [0.2, 0.25) is 0 Å². The number of anilines is 1. The number of ether oxygens (including phenoxy) is 2. The molecule has 1 atom stereocenters. The van der Waals surface area contributed by atoms with Crippen molar-refractivity contribution in [1.29, 1.82) is 0 Å². The van der Waals surface area contributed by atoms with Gasteiger partial charge >= 0.3 is 0 Å². The van der Waals surface area contributed by atoms with Gasteiger partial charge in [-0.3, -0.25) is 4.79 Å². The zero-order valence-electron chi connectivity index (χ0n) is 13.7. The van der Waals surface area contributed by atoms with Crippen molar-refractivity contribution in [3.63, 3.8) is 0 Å². The Morgan fingerprint density at radius 1 is 1.33 bits per heavy atom. The van der Waals surface area contributed by atoms with Gasteiger partial charge < -0.3 is 19.7 Å². The number of rotatable bonds is 6. The monoisotopic (exact) mass is 348 g/mol. The van der Waals surface area contributed by atoms with Gasteiger partial charge in [0.2, 0.25) is 0 Å². The molecule has 8 heteroatoms. The zero-order chi connectivity index (χ0) is 16.9. The molecule has 1 amide bonds. The molecule has 0 radical (unpaired) electrons. The molecule has 1 aromatic heterocycles. The lowest BCUT2D eigenvalue weighted by atomic mass is 10.1. The first-order chi connectivity index (χ1) is 11.7. The molecular formula is C16H20N4O3S. The first-order valence-corrected chi connectivity index (χ1v) is 8.46. The molecule has 24 heavy (non-hydrogen) atoms. The fourth-order valence-electron chi connectivity index (χ4n) is 2.80. The predicted octanol–water partition coefficient (Wildman–Crippen LogP) is 1.81. The molecule has 0 bridgehead atoms. The normalized spacial score (nSPS) is 16.9. The van der Waals surface area contributed by atoms with Crippen molar-refractivity contribution in [2.45, 2.75) is 6.42 Å². The first-order valence-electron chi connectivity index (χ1n) is 7.73. The van der Waals surface area contributed by atoms with Crippen LogP contribution in [0.25, 0.3) is 0 Å². The van der Waals surface area contributed by atoms with Crippen molar-refractivity contribution in [3.8, 4) is 11.5 Å². The van der Waals surface area contributed by atoms with Crippen LogP contribution in [0.3, 0.4) is 0 Å². The lowest BCUT2D eigenvalue weighted by Gasteiger charge is -2.20. The summed E-state index contributed by atoms with van der Waals surface area (Å²) in [5.41, 5.74) is 1.45. The van der Waals surface area contributed by atoms with E-state index in [0.29, 0.717) is 18.2 Å². The van der Waals surface area contributed by atoms with Crippen molar-refractivity contribution < 1.29 is 14.3 Å². The van der Waals surface area contributed by atoms with Crippen molar-refractivity contribution in [3.05, 3.63) is 30.1 Å². The molecule has 128 valence electrons. The summed E-state index contributed by atoms with van der Waals surface area (Å²) in [6.07, 6.45) is 2.51. The fourth-order valence-corrected chi connectivity index (χ4v) is 3.21. The summed E-state index contributed by atoms with van der Waals surface area (Å²) >= 11 is 1.04. The second kappa shape index (κ2) is 7.48. The van der Waals surface area contributed by atoms with E-state index in [-0.39, 0.29) is 5.91 Å². The fraction of sp³-hybridized carbons (Fsp3) is 0.438. The lowest BCUT2D eigenvalue weighted by molar-refractivity contribution is 0.0944. The third-order valence-corrected chi connectivity index (χ3v) is 4.61. The number of benzene rings is 1. The maximum atomic E-state index is 11.9. The lowest BCUT2D eigenvalue weighted by Crippen LogP contribution is -2.31. The van der Waals surface area contributed by atoms with E-state index < -0.39 is 0 Å². The summed E-state index contributed by atoms with van der Waals surface area (Å²) < 4.78 is 18.4. The maximum absolute atomic E-state index is 11.9. The quantitative estimate of drug-likeness (QED) is 0.858. The van der Waals surface area contributed by atoms with Crippen LogP contribution in [0.5, 0.6) is 11.5 Å². The Labute approximate surface area is 144 Å². The van der Waals surface area contributed by atoms with Gasteiger partial charge in [-0.2, -0.15) is 8.75 Å². The molecule has 0 spiro atoms. The number of hydrogen-bond donors (Lipinski definition) is 1. The number of amides is 1. The maximum Gasteiger partial charge on any atom is 0.272 e. The van der Waals surface area contributed by atoms with E-state index in [0.717, 1.165) is 48.4 Å². The predicted molar refractivity (Wildman–Crippen MR) is 92.1 cm³/mol. The van der Waals surface area contributed by atoms with Crippen molar-refractivity contribution in [2.24, 2.45) is 5.92 Å². The number of aromatic nitrogens is 2. The molecule has 0 saturated carbocycles. The summed E-state index contributed by atoms with van der Waals surface area (Å²) in [6, 6.07) is 5.87.